The summed E-state index contributed by atoms with van der Waals surface area (Å²) in [4.78, 5) is 6.21. The molecule has 21 heavy (non-hydrogen) atoms. The molecular weight excluding hydrogens is 279 g/mol. The quantitative estimate of drug-likeness (QED) is 0.673. The first-order valence-corrected chi connectivity index (χ1v) is 7.07. The van der Waals surface area contributed by atoms with E-state index in [1.165, 1.54) is 6.07 Å². The second-order valence-electron chi connectivity index (χ2n) is 5.54. The molecular formula is C15H20F3N3. The van der Waals surface area contributed by atoms with Gasteiger partial charge in [-0.1, -0.05) is 19.1 Å². The van der Waals surface area contributed by atoms with Gasteiger partial charge in [-0.15, -0.1) is 0 Å². The molecule has 1 saturated heterocycles. The first-order valence-electron chi connectivity index (χ1n) is 7.07. The number of piperidine rings is 1. The maximum absolute atomic E-state index is 12.6. The lowest BCUT2D eigenvalue weighted by molar-refractivity contribution is -0.137. The van der Waals surface area contributed by atoms with Crippen molar-refractivity contribution in [2.45, 2.75) is 32.5 Å². The molecule has 1 aliphatic heterocycles. The van der Waals surface area contributed by atoms with E-state index in [1.54, 1.807) is 6.07 Å². The second-order valence-corrected chi connectivity index (χ2v) is 5.54. The predicted molar refractivity (Wildman–Crippen MR) is 76.7 cm³/mol. The smallest absolute Gasteiger partial charge is 0.370 e. The Labute approximate surface area is 122 Å². The largest absolute Gasteiger partial charge is 0.416 e. The summed E-state index contributed by atoms with van der Waals surface area (Å²) in [7, 11) is 0. The zero-order valence-electron chi connectivity index (χ0n) is 12.0. The van der Waals surface area contributed by atoms with E-state index in [0.717, 1.165) is 38.1 Å². The molecule has 0 aromatic heterocycles. The lowest BCUT2D eigenvalue weighted by Gasteiger charge is -2.31. The van der Waals surface area contributed by atoms with Gasteiger partial charge < -0.3 is 10.6 Å². The number of guanidine groups is 1. The molecule has 0 spiro atoms. The Kier molecular flexibility index (Phi) is 4.75. The zero-order chi connectivity index (χ0) is 15.5. The third kappa shape index (κ3) is 4.37. The number of alkyl halides is 3. The van der Waals surface area contributed by atoms with E-state index in [9.17, 15) is 13.2 Å². The average Bonchev–Trinajstić information content (AvgIpc) is 2.45. The second kappa shape index (κ2) is 6.37. The highest BCUT2D eigenvalue weighted by Crippen LogP contribution is 2.29. The third-order valence-corrected chi connectivity index (χ3v) is 3.79. The third-order valence-electron chi connectivity index (χ3n) is 3.79. The highest BCUT2D eigenvalue weighted by molar-refractivity contribution is 5.78. The van der Waals surface area contributed by atoms with Crippen molar-refractivity contribution in [2.75, 3.05) is 13.1 Å². The molecule has 2 rings (SSSR count). The Balaban J connectivity index is 2.00. The molecule has 1 aromatic rings. The minimum atomic E-state index is -4.33. The number of rotatable bonds is 2. The van der Waals surface area contributed by atoms with Crippen molar-refractivity contribution in [1.29, 1.82) is 0 Å². The van der Waals surface area contributed by atoms with E-state index in [1.807, 2.05) is 4.90 Å². The van der Waals surface area contributed by atoms with Gasteiger partial charge in [0.1, 0.15) is 0 Å². The molecule has 1 aliphatic rings. The van der Waals surface area contributed by atoms with Crippen LogP contribution in [0.3, 0.4) is 0 Å². The molecule has 0 aliphatic carbocycles. The molecule has 1 heterocycles. The standard InChI is InChI=1S/C15H20F3N3/c1-11-5-7-21(8-6-11)14(19)20-10-12-3-2-4-13(9-12)15(16,17)18/h2-4,9,11H,5-8,10H2,1H3,(H2,19,20). The summed E-state index contributed by atoms with van der Waals surface area (Å²) in [6.45, 7) is 4.09. The molecule has 0 saturated carbocycles. The van der Waals surface area contributed by atoms with Gasteiger partial charge in [0.05, 0.1) is 12.1 Å². The first-order chi connectivity index (χ1) is 9.86. The number of nitrogens with zero attached hydrogens (tertiary/aromatic N) is 2. The molecule has 0 amide bonds. The van der Waals surface area contributed by atoms with Gasteiger partial charge in [0.2, 0.25) is 0 Å². The monoisotopic (exact) mass is 299 g/mol. The Morgan fingerprint density at radius 1 is 1.33 bits per heavy atom. The molecule has 0 unspecified atom stereocenters. The SMILES string of the molecule is CC1CCN(C(N)=NCc2cccc(C(F)(F)F)c2)CC1. The van der Waals surface area contributed by atoms with Crippen LogP contribution in [0.1, 0.15) is 30.9 Å². The molecule has 1 fully saturated rings. The van der Waals surface area contributed by atoms with Crippen molar-refractivity contribution in [1.82, 2.24) is 4.90 Å². The Bertz CT molecular complexity index is 503. The molecule has 3 nitrogen and oxygen atoms in total. The van der Waals surface area contributed by atoms with Gasteiger partial charge in [0.25, 0.3) is 0 Å². The van der Waals surface area contributed by atoms with Gasteiger partial charge in [-0.25, -0.2) is 4.99 Å². The summed E-state index contributed by atoms with van der Waals surface area (Å²) >= 11 is 0. The minimum absolute atomic E-state index is 0.168. The minimum Gasteiger partial charge on any atom is -0.370 e. The summed E-state index contributed by atoms with van der Waals surface area (Å²) in [6, 6.07) is 5.20. The van der Waals surface area contributed by atoms with Crippen LogP contribution in [0.4, 0.5) is 13.2 Å². The fourth-order valence-electron chi connectivity index (χ4n) is 2.36. The van der Waals surface area contributed by atoms with Crippen LogP contribution in [0.5, 0.6) is 0 Å². The number of aliphatic imine (C=N–C) groups is 1. The topological polar surface area (TPSA) is 41.6 Å². The van der Waals surface area contributed by atoms with Gasteiger partial charge in [-0.2, -0.15) is 13.2 Å². The molecule has 2 N–H and O–H groups in total. The Morgan fingerprint density at radius 3 is 2.62 bits per heavy atom. The zero-order valence-corrected chi connectivity index (χ0v) is 12.0. The van der Waals surface area contributed by atoms with Crippen LogP contribution in [0, 0.1) is 5.92 Å². The van der Waals surface area contributed by atoms with E-state index >= 15 is 0 Å². The number of likely N-dealkylation sites (tertiary alicyclic amines) is 1. The van der Waals surface area contributed by atoms with Gasteiger partial charge in [-0.3, -0.25) is 0 Å². The van der Waals surface area contributed by atoms with Crippen molar-refractivity contribution < 1.29 is 13.2 Å². The van der Waals surface area contributed by atoms with E-state index < -0.39 is 11.7 Å². The number of benzene rings is 1. The summed E-state index contributed by atoms with van der Waals surface area (Å²) in [5, 5.41) is 0. The van der Waals surface area contributed by atoms with Crippen LogP contribution in [0.25, 0.3) is 0 Å². The lowest BCUT2D eigenvalue weighted by atomic mass is 10.00. The van der Waals surface area contributed by atoms with Crippen molar-refractivity contribution in [3.05, 3.63) is 35.4 Å². The highest BCUT2D eigenvalue weighted by atomic mass is 19.4. The molecule has 0 radical (unpaired) electrons. The van der Waals surface area contributed by atoms with Crippen LogP contribution in [0.2, 0.25) is 0 Å². The van der Waals surface area contributed by atoms with Gasteiger partial charge in [-0.05, 0) is 36.5 Å². The van der Waals surface area contributed by atoms with E-state index in [2.05, 4.69) is 11.9 Å². The Hall–Kier alpha value is -1.72. The van der Waals surface area contributed by atoms with Crippen molar-refractivity contribution in [3.8, 4) is 0 Å². The normalized spacial score (nSPS) is 18.1. The summed E-state index contributed by atoms with van der Waals surface area (Å²) in [6.07, 6.45) is -2.19. The van der Waals surface area contributed by atoms with Crippen LogP contribution in [-0.4, -0.2) is 23.9 Å². The number of nitrogens with two attached hydrogens (primary N) is 1. The van der Waals surface area contributed by atoms with E-state index in [0.29, 0.717) is 17.4 Å². The van der Waals surface area contributed by atoms with E-state index in [4.69, 9.17) is 5.73 Å². The van der Waals surface area contributed by atoms with Crippen LogP contribution < -0.4 is 5.73 Å². The lowest BCUT2D eigenvalue weighted by Crippen LogP contribution is -2.42. The van der Waals surface area contributed by atoms with Crippen LogP contribution in [-0.2, 0) is 12.7 Å². The van der Waals surface area contributed by atoms with Crippen molar-refractivity contribution >= 4 is 5.96 Å². The molecule has 116 valence electrons. The van der Waals surface area contributed by atoms with Crippen LogP contribution in [0.15, 0.2) is 29.3 Å². The first kappa shape index (κ1) is 15.7. The maximum Gasteiger partial charge on any atom is 0.416 e. The fourth-order valence-corrected chi connectivity index (χ4v) is 2.36. The summed E-state index contributed by atoms with van der Waals surface area (Å²) < 4.78 is 37.9. The van der Waals surface area contributed by atoms with E-state index in [-0.39, 0.29) is 6.54 Å². The van der Waals surface area contributed by atoms with Gasteiger partial charge in [0, 0.05) is 13.1 Å². The average molecular weight is 299 g/mol. The molecule has 0 atom stereocenters. The number of hydrogen-bond acceptors (Lipinski definition) is 1. The van der Waals surface area contributed by atoms with Crippen molar-refractivity contribution in [3.63, 3.8) is 0 Å². The summed E-state index contributed by atoms with van der Waals surface area (Å²) in [5.74, 6) is 1.11. The molecule has 1 aromatic carbocycles. The predicted octanol–water partition coefficient (Wildman–Crippen LogP) is 3.25. The van der Waals surface area contributed by atoms with Crippen LogP contribution >= 0.6 is 0 Å². The molecule has 0 bridgehead atoms. The maximum atomic E-state index is 12.6. The van der Waals surface area contributed by atoms with Gasteiger partial charge in [0.15, 0.2) is 5.96 Å². The molecule has 6 heteroatoms. The Morgan fingerprint density at radius 2 is 2.00 bits per heavy atom. The fraction of sp³-hybridized carbons (Fsp3) is 0.533. The van der Waals surface area contributed by atoms with Crippen molar-refractivity contribution in [2.24, 2.45) is 16.6 Å². The highest BCUT2D eigenvalue weighted by Gasteiger charge is 2.30. The number of halogens is 3. The van der Waals surface area contributed by atoms with Gasteiger partial charge >= 0.3 is 6.18 Å². The summed E-state index contributed by atoms with van der Waals surface area (Å²) in [5.41, 5.74) is 5.78. The number of hydrogen-bond donors (Lipinski definition) is 1.